The summed E-state index contributed by atoms with van der Waals surface area (Å²) in [5.41, 5.74) is 4.86. The minimum atomic E-state index is -0.0271. The van der Waals surface area contributed by atoms with Gasteiger partial charge in [0.05, 0.1) is 0 Å². The second-order valence-electron chi connectivity index (χ2n) is 5.11. The Morgan fingerprint density at radius 3 is 2.42 bits per heavy atom. The molecular weight excluding hydrogens is 296 g/mol. The van der Waals surface area contributed by atoms with Gasteiger partial charge in [0.25, 0.3) is 0 Å². The normalized spacial score (nSPS) is 9.25. The van der Waals surface area contributed by atoms with Gasteiger partial charge in [-0.25, -0.2) is 0 Å². The van der Waals surface area contributed by atoms with Crippen molar-refractivity contribution in [1.82, 2.24) is 10.3 Å². The monoisotopic (exact) mass is 324 g/mol. The molecule has 1 aromatic heterocycles. The van der Waals surface area contributed by atoms with E-state index in [0.717, 1.165) is 23.1 Å². The fourth-order valence-corrected chi connectivity index (χ4v) is 2.07. The van der Waals surface area contributed by atoms with E-state index in [1.54, 1.807) is 6.20 Å². The van der Waals surface area contributed by atoms with Gasteiger partial charge in [0.2, 0.25) is 5.91 Å². The van der Waals surface area contributed by atoms with Gasteiger partial charge in [-0.3, -0.25) is 9.78 Å². The number of amides is 1. The van der Waals surface area contributed by atoms with Crippen molar-refractivity contribution in [2.75, 3.05) is 0 Å². The molecule has 128 valence electrons. The lowest BCUT2D eigenvalue weighted by Gasteiger charge is -2.06. The maximum atomic E-state index is 10.9. The number of terminal acetylenes is 1. The molecule has 0 aliphatic rings. The Morgan fingerprint density at radius 1 is 1.21 bits per heavy atom. The maximum absolute atomic E-state index is 10.9. The van der Waals surface area contributed by atoms with Crippen LogP contribution >= 0.6 is 0 Å². The third-order valence-electron chi connectivity index (χ3n) is 3.29. The molecule has 0 atom stereocenters. The number of nitrogens with one attached hydrogen (secondary N) is 1. The molecule has 0 aliphatic heterocycles. The van der Waals surface area contributed by atoms with Crippen molar-refractivity contribution in [1.29, 1.82) is 0 Å². The van der Waals surface area contributed by atoms with Gasteiger partial charge in [0.1, 0.15) is 0 Å². The van der Waals surface area contributed by atoms with Crippen LogP contribution in [-0.2, 0) is 17.8 Å². The molecule has 0 unspecified atom stereocenters. The summed E-state index contributed by atoms with van der Waals surface area (Å²) < 4.78 is 0. The van der Waals surface area contributed by atoms with Crippen LogP contribution in [0.1, 0.15) is 45.9 Å². The summed E-state index contributed by atoms with van der Waals surface area (Å²) in [4.78, 5) is 15.1. The van der Waals surface area contributed by atoms with Crippen molar-refractivity contribution >= 4 is 11.5 Å². The molecule has 0 bridgehead atoms. The molecule has 0 fully saturated rings. The van der Waals surface area contributed by atoms with Crippen LogP contribution in [0.2, 0.25) is 0 Å². The van der Waals surface area contributed by atoms with Gasteiger partial charge < -0.3 is 5.32 Å². The first-order valence-corrected chi connectivity index (χ1v) is 8.00. The lowest BCUT2D eigenvalue weighted by molar-refractivity contribution is -0.119. The van der Waals surface area contributed by atoms with Gasteiger partial charge >= 0.3 is 0 Å². The Labute approximate surface area is 147 Å². The number of benzene rings is 1. The van der Waals surface area contributed by atoms with Gasteiger partial charge in [-0.1, -0.05) is 50.6 Å². The topological polar surface area (TPSA) is 42.0 Å². The van der Waals surface area contributed by atoms with Gasteiger partial charge in [-0.15, -0.1) is 6.42 Å². The molecular formula is C21H28N2O. The predicted molar refractivity (Wildman–Crippen MR) is 104 cm³/mol. The van der Waals surface area contributed by atoms with E-state index in [2.05, 4.69) is 34.9 Å². The lowest BCUT2D eigenvalue weighted by atomic mass is 10.0. The molecule has 1 N–H and O–H groups in total. The summed E-state index contributed by atoms with van der Waals surface area (Å²) in [6.45, 7) is 9.89. The van der Waals surface area contributed by atoms with Crippen LogP contribution in [0.3, 0.4) is 0 Å². The first kappa shape index (κ1) is 19.2. The molecule has 2 aromatic rings. The Kier molecular flexibility index (Phi) is 8.01. The van der Waals surface area contributed by atoms with Crippen molar-refractivity contribution in [3.8, 4) is 12.3 Å². The van der Waals surface area contributed by atoms with Crippen molar-refractivity contribution in [2.24, 2.45) is 0 Å². The SMILES string of the molecule is C#CC(=C)c1cncc(Cc2ccc(CNC(C)=O)cc2)c1.CC.[HH].[HH]. The Bertz CT molecular complexity index is 734. The zero-order chi connectivity index (χ0) is 17.9. The minimum absolute atomic E-state index is 0. The summed E-state index contributed by atoms with van der Waals surface area (Å²) in [6, 6.07) is 10.2. The second kappa shape index (κ2) is 10.0. The average molecular weight is 324 g/mol. The van der Waals surface area contributed by atoms with E-state index in [1.807, 2.05) is 38.2 Å². The molecule has 1 heterocycles. The molecule has 0 saturated carbocycles. The minimum Gasteiger partial charge on any atom is -0.352 e. The van der Waals surface area contributed by atoms with Crippen LogP contribution in [0.5, 0.6) is 0 Å². The van der Waals surface area contributed by atoms with Crippen LogP contribution in [0, 0.1) is 12.3 Å². The molecule has 3 nitrogen and oxygen atoms in total. The standard InChI is InChI=1S/C19H18N2O.C2H6.2H2/c1-4-14(2)19-10-18(11-20-13-19)9-16-5-7-17(8-6-16)12-21-15(3)22;1-2;;/h1,5-8,10-11,13H,2,9,12H2,3H3,(H,21,22);1-2H3;2*1H. The van der Waals surface area contributed by atoms with Crippen molar-refractivity contribution in [3.05, 3.63) is 71.6 Å². The third kappa shape index (κ3) is 6.10. The number of carbonyl (C=O) groups excluding carboxylic acids is 1. The van der Waals surface area contributed by atoms with E-state index in [-0.39, 0.29) is 8.76 Å². The number of pyridine rings is 1. The predicted octanol–water partition coefficient (Wildman–Crippen LogP) is 4.47. The van der Waals surface area contributed by atoms with E-state index in [1.165, 1.54) is 12.5 Å². The van der Waals surface area contributed by atoms with Crippen LogP contribution in [-0.4, -0.2) is 10.9 Å². The molecule has 0 radical (unpaired) electrons. The summed E-state index contributed by atoms with van der Waals surface area (Å²) in [5, 5.41) is 2.78. The summed E-state index contributed by atoms with van der Waals surface area (Å²) in [6.07, 6.45) is 9.70. The highest BCUT2D eigenvalue weighted by atomic mass is 16.1. The van der Waals surface area contributed by atoms with Crippen molar-refractivity contribution in [2.45, 2.75) is 33.7 Å². The van der Waals surface area contributed by atoms with Gasteiger partial charge in [0.15, 0.2) is 0 Å². The van der Waals surface area contributed by atoms with E-state index in [0.29, 0.717) is 12.1 Å². The molecule has 0 aliphatic carbocycles. The summed E-state index contributed by atoms with van der Waals surface area (Å²) in [5.74, 6) is 2.51. The molecule has 24 heavy (non-hydrogen) atoms. The van der Waals surface area contributed by atoms with Crippen LogP contribution in [0.4, 0.5) is 0 Å². The van der Waals surface area contributed by atoms with E-state index in [4.69, 9.17) is 6.42 Å². The number of hydrogen-bond donors (Lipinski definition) is 1. The van der Waals surface area contributed by atoms with Crippen LogP contribution in [0.25, 0.3) is 5.57 Å². The summed E-state index contributed by atoms with van der Waals surface area (Å²) >= 11 is 0. The Hall–Kier alpha value is -2.86. The number of nitrogens with zero attached hydrogens (tertiary/aromatic N) is 1. The molecule has 2 rings (SSSR count). The first-order valence-electron chi connectivity index (χ1n) is 8.00. The maximum Gasteiger partial charge on any atom is 0.217 e. The Balaban J connectivity index is 0. The van der Waals surface area contributed by atoms with Gasteiger partial charge in [-0.2, -0.15) is 0 Å². The number of allylic oxidation sites excluding steroid dienone is 1. The number of rotatable bonds is 5. The van der Waals surface area contributed by atoms with Crippen LogP contribution in [0.15, 0.2) is 49.3 Å². The highest BCUT2D eigenvalue weighted by Crippen LogP contribution is 2.15. The fraction of sp³-hybridized carbons (Fsp3) is 0.238. The molecule has 1 aromatic carbocycles. The lowest BCUT2D eigenvalue weighted by Crippen LogP contribution is -2.18. The first-order chi connectivity index (χ1) is 11.6. The molecule has 3 heteroatoms. The molecule has 1 amide bonds. The number of hydrogen-bond acceptors (Lipinski definition) is 2. The van der Waals surface area contributed by atoms with E-state index in [9.17, 15) is 4.79 Å². The van der Waals surface area contributed by atoms with Gasteiger partial charge in [-0.05, 0) is 29.2 Å². The van der Waals surface area contributed by atoms with Crippen LogP contribution < -0.4 is 5.32 Å². The van der Waals surface area contributed by atoms with E-state index >= 15 is 0 Å². The molecule has 0 saturated heterocycles. The average Bonchev–Trinajstić information content (AvgIpc) is 2.62. The quantitative estimate of drug-likeness (QED) is 0.824. The van der Waals surface area contributed by atoms with Crippen molar-refractivity contribution < 1.29 is 7.65 Å². The zero-order valence-electron chi connectivity index (χ0n) is 14.6. The summed E-state index contributed by atoms with van der Waals surface area (Å²) in [7, 11) is 0. The smallest absolute Gasteiger partial charge is 0.217 e. The highest BCUT2D eigenvalue weighted by Gasteiger charge is 2.02. The number of carbonyl (C=O) groups is 1. The zero-order valence-corrected chi connectivity index (χ0v) is 14.6. The Morgan fingerprint density at radius 2 is 1.83 bits per heavy atom. The number of aromatic nitrogens is 1. The largest absolute Gasteiger partial charge is 0.352 e. The fourth-order valence-electron chi connectivity index (χ4n) is 2.07. The van der Waals surface area contributed by atoms with E-state index < -0.39 is 0 Å². The van der Waals surface area contributed by atoms with Crippen molar-refractivity contribution in [3.63, 3.8) is 0 Å². The second-order valence-corrected chi connectivity index (χ2v) is 5.11. The van der Waals surface area contributed by atoms with Gasteiger partial charge in [0, 0.05) is 39.9 Å². The molecule has 0 spiro atoms. The highest BCUT2D eigenvalue weighted by molar-refractivity contribution is 5.76. The third-order valence-corrected chi connectivity index (χ3v) is 3.29.